The lowest BCUT2D eigenvalue weighted by atomic mass is 10.3. The molecule has 0 bridgehead atoms. The van der Waals surface area contributed by atoms with Crippen LogP contribution in [-0.4, -0.2) is 30.2 Å². The molecule has 0 radical (unpaired) electrons. The van der Waals surface area contributed by atoms with Crippen molar-refractivity contribution >= 4 is 21.7 Å². The molecular weight excluding hydrogens is 234 g/mol. The minimum atomic E-state index is -3.77. The van der Waals surface area contributed by atoms with Crippen LogP contribution in [0.5, 0.6) is 0 Å². The molecule has 0 aliphatic heterocycles. The molecule has 0 atom stereocenters. The number of anilines is 1. The van der Waals surface area contributed by atoms with Gasteiger partial charge in [-0.25, -0.2) is 13.2 Å². The van der Waals surface area contributed by atoms with Gasteiger partial charge in [0.05, 0.1) is 23.5 Å². The highest BCUT2D eigenvalue weighted by Gasteiger charge is 2.11. The van der Waals surface area contributed by atoms with Crippen molar-refractivity contribution < 1.29 is 18.3 Å². The van der Waals surface area contributed by atoms with E-state index < -0.39 is 21.7 Å². The molecule has 84 valence electrons. The van der Waals surface area contributed by atoms with E-state index in [1.807, 2.05) is 4.72 Å². The van der Waals surface area contributed by atoms with Crippen molar-refractivity contribution in [3.05, 3.63) is 24.0 Å². The number of hydrogen-bond acceptors (Lipinski definition) is 5. The Bertz CT molecular complexity index is 547. The molecule has 0 saturated heterocycles. The Morgan fingerprint density at radius 1 is 1.56 bits per heavy atom. The molecule has 1 aromatic rings. The third-order valence-electron chi connectivity index (χ3n) is 1.51. The summed E-state index contributed by atoms with van der Waals surface area (Å²) >= 11 is 0. The number of aromatic carboxylic acids is 1. The number of nitriles is 1. The van der Waals surface area contributed by atoms with Gasteiger partial charge in [-0.2, -0.15) is 5.26 Å². The SMILES string of the molecule is N#CCS(=O)(=O)Nc1cncc(C(=O)O)c1. The summed E-state index contributed by atoms with van der Waals surface area (Å²) in [6.45, 7) is 0. The normalized spacial score (nSPS) is 10.4. The number of pyridine rings is 1. The summed E-state index contributed by atoms with van der Waals surface area (Å²) in [5, 5.41) is 16.9. The van der Waals surface area contributed by atoms with E-state index in [4.69, 9.17) is 10.4 Å². The molecule has 0 spiro atoms. The number of sulfonamides is 1. The molecule has 1 rings (SSSR count). The summed E-state index contributed by atoms with van der Waals surface area (Å²) in [5.41, 5.74) is -0.132. The summed E-state index contributed by atoms with van der Waals surface area (Å²) < 4.78 is 24.4. The Balaban J connectivity index is 2.95. The van der Waals surface area contributed by atoms with Gasteiger partial charge in [0, 0.05) is 6.20 Å². The quantitative estimate of drug-likeness (QED) is 0.768. The first-order valence-electron chi connectivity index (χ1n) is 4.00. The van der Waals surface area contributed by atoms with E-state index in [0.717, 1.165) is 18.5 Å². The second-order valence-corrected chi connectivity index (χ2v) is 4.51. The minimum Gasteiger partial charge on any atom is -0.478 e. The average Bonchev–Trinajstić information content (AvgIpc) is 2.17. The van der Waals surface area contributed by atoms with Gasteiger partial charge in [0.1, 0.15) is 0 Å². The van der Waals surface area contributed by atoms with Crippen LogP contribution in [0.2, 0.25) is 0 Å². The topological polar surface area (TPSA) is 120 Å². The van der Waals surface area contributed by atoms with Crippen LogP contribution < -0.4 is 4.72 Å². The zero-order chi connectivity index (χ0) is 12.2. The number of hydrogen-bond donors (Lipinski definition) is 2. The number of nitrogens with one attached hydrogen (secondary N) is 1. The number of carboxylic acids is 1. The van der Waals surface area contributed by atoms with Crippen LogP contribution in [0.15, 0.2) is 18.5 Å². The molecular formula is C8H7N3O4S. The van der Waals surface area contributed by atoms with E-state index >= 15 is 0 Å². The van der Waals surface area contributed by atoms with Gasteiger partial charge >= 0.3 is 5.97 Å². The Morgan fingerprint density at radius 3 is 2.81 bits per heavy atom. The Morgan fingerprint density at radius 2 is 2.25 bits per heavy atom. The van der Waals surface area contributed by atoms with E-state index in [9.17, 15) is 13.2 Å². The number of carbonyl (C=O) groups is 1. The van der Waals surface area contributed by atoms with Crippen LogP contribution in [0.25, 0.3) is 0 Å². The van der Waals surface area contributed by atoms with Gasteiger partial charge in [0.2, 0.25) is 10.0 Å². The van der Waals surface area contributed by atoms with Crippen molar-refractivity contribution in [3.63, 3.8) is 0 Å². The smallest absolute Gasteiger partial charge is 0.337 e. The highest BCUT2D eigenvalue weighted by Crippen LogP contribution is 2.10. The van der Waals surface area contributed by atoms with Crippen LogP contribution >= 0.6 is 0 Å². The van der Waals surface area contributed by atoms with E-state index in [2.05, 4.69) is 4.98 Å². The Labute approximate surface area is 91.4 Å². The van der Waals surface area contributed by atoms with Gasteiger partial charge in [-0.3, -0.25) is 9.71 Å². The van der Waals surface area contributed by atoms with Crippen molar-refractivity contribution in [2.24, 2.45) is 0 Å². The predicted octanol–water partition coefficient (Wildman–Crippen LogP) is 0.0451. The van der Waals surface area contributed by atoms with E-state index in [0.29, 0.717) is 0 Å². The maximum atomic E-state index is 11.2. The van der Waals surface area contributed by atoms with Crippen molar-refractivity contribution in [2.45, 2.75) is 0 Å². The van der Waals surface area contributed by atoms with Crippen LogP contribution in [0.1, 0.15) is 10.4 Å². The fourth-order valence-corrected chi connectivity index (χ4v) is 1.63. The zero-order valence-corrected chi connectivity index (χ0v) is 8.73. The van der Waals surface area contributed by atoms with Crippen LogP contribution in [0.3, 0.4) is 0 Å². The fourth-order valence-electron chi connectivity index (χ4n) is 0.913. The molecule has 16 heavy (non-hydrogen) atoms. The van der Waals surface area contributed by atoms with Crippen LogP contribution in [0, 0.1) is 11.3 Å². The second-order valence-electron chi connectivity index (χ2n) is 2.79. The van der Waals surface area contributed by atoms with Gasteiger partial charge < -0.3 is 5.11 Å². The Kier molecular flexibility index (Phi) is 3.42. The molecule has 0 unspecified atom stereocenters. The van der Waals surface area contributed by atoms with Gasteiger partial charge in [0.25, 0.3) is 0 Å². The number of aromatic nitrogens is 1. The third-order valence-corrected chi connectivity index (χ3v) is 2.57. The van der Waals surface area contributed by atoms with E-state index in [1.54, 1.807) is 0 Å². The first-order valence-corrected chi connectivity index (χ1v) is 5.65. The number of carboxylic acid groups (broad SMARTS) is 1. The third kappa shape index (κ3) is 3.21. The summed E-state index contributed by atoms with van der Waals surface area (Å²) in [7, 11) is -3.77. The van der Waals surface area contributed by atoms with Gasteiger partial charge in [-0.1, -0.05) is 0 Å². The molecule has 0 fully saturated rings. The zero-order valence-electron chi connectivity index (χ0n) is 7.91. The molecule has 8 heteroatoms. The Hall–Kier alpha value is -2.14. The average molecular weight is 241 g/mol. The van der Waals surface area contributed by atoms with Crippen molar-refractivity contribution in [1.29, 1.82) is 5.26 Å². The molecule has 1 aromatic heterocycles. The minimum absolute atomic E-state index is 0.00940. The van der Waals surface area contributed by atoms with Crippen molar-refractivity contribution in [2.75, 3.05) is 10.5 Å². The predicted molar refractivity (Wildman–Crippen MR) is 54.2 cm³/mol. The standard InChI is InChI=1S/C8H7N3O4S/c9-1-2-16(14,15)11-7-3-6(8(12)13)4-10-5-7/h3-5,11H,2H2,(H,12,13). The van der Waals surface area contributed by atoms with E-state index in [-0.39, 0.29) is 11.3 Å². The monoisotopic (exact) mass is 241 g/mol. The number of rotatable bonds is 4. The molecule has 0 saturated carbocycles. The van der Waals surface area contributed by atoms with Crippen molar-refractivity contribution in [1.82, 2.24) is 4.98 Å². The maximum absolute atomic E-state index is 11.2. The lowest BCUT2D eigenvalue weighted by molar-refractivity contribution is 0.0696. The first kappa shape index (κ1) is 11.9. The van der Waals surface area contributed by atoms with Gasteiger partial charge in [-0.05, 0) is 6.07 Å². The van der Waals surface area contributed by atoms with E-state index in [1.165, 1.54) is 6.07 Å². The number of nitrogens with zero attached hydrogens (tertiary/aromatic N) is 2. The summed E-state index contributed by atoms with van der Waals surface area (Å²) in [4.78, 5) is 14.1. The second kappa shape index (κ2) is 4.59. The molecule has 0 aliphatic rings. The fraction of sp³-hybridized carbons (Fsp3) is 0.125. The van der Waals surface area contributed by atoms with Gasteiger partial charge in [-0.15, -0.1) is 0 Å². The maximum Gasteiger partial charge on any atom is 0.337 e. The molecule has 7 nitrogen and oxygen atoms in total. The lowest BCUT2D eigenvalue weighted by Crippen LogP contribution is -2.16. The van der Waals surface area contributed by atoms with Gasteiger partial charge in [0.15, 0.2) is 5.75 Å². The molecule has 2 N–H and O–H groups in total. The lowest BCUT2D eigenvalue weighted by Gasteiger charge is -2.04. The van der Waals surface area contributed by atoms with Crippen LogP contribution in [0.4, 0.5) is 5.69 Å². The first-order chi connectivity index (χ1) is 7.44. The molecule has 0 aliphatic carbocycles. The molecule has 0 amide bonds. The highest BCUT2D eigenvalue weighted by molar-refractivity contribution is 7.92. The summed E-state index contributed by atoms with van der Waals surface area (Å²) in [6.07, 6.45) is 2.24. The highest BCUT2D eigenvalue weighted by atomic mass is 32.2. The largest absolute Gasteiger partial charge is 0.478 e. The van der Waals surface area contributed by atoms with Crippen molar-refractivity contribution in [3.8, 4) is 6.07 Å². The summed E-state index contributed by atoms with van der Waals surface area (Å²) in [6, 6.07) is 2.59. The molecule has 0 aromatic carbocycles. The molecule has 1 heterocycles. The summed E-state index contributed by atoms with van der Waals surface area (Å²) in [5.74, 6) is -1.92. The van der Waals surface area contributed by atoms with Crippen LogP contribution in [-0.2, 0) is 10.0 Å².